The minimum atomic E-state index is -0.746. The zero-order chi connectivity index (χ0) is 25.1. The average Bonchev–Trinajstić information content (AvgIpc) is 3.20. The molecule has 35 heavy (non-hydrogen) atoms. The SMILES string of the molecule is CN1CCc2ccc(NC(=O)[C@H]3C[C@@H](C(=O)N(C)C)CN3C(=O)Nc3ccc(Br)cc3)cc2CC1. The summed E-state index contributed by atoms with van der Waals surface area (Å²) in [5.41, 5.74) is 3.88. The van der Waals surface area contributed by atoms with Crippen molar-refractivity contribution >= 4 is 45.2 Å². The lowest BCUT2D eigenvalue weighted by Crippen LogP contribution is -2.45. The first-order chi connectivity index (χ1) is 16.7. The number of hydrogen-bond acceptors (Lipinski definition) is 4. The third kappa shape index (κ3) is 6.02. The van der Waals surface area contributed by atoms with E-state index in [0.717, 1.165) is 30.4 Å². The smallest absolute Gasteiger partial charge is 0.322 e. The average molecular weight is 542 g/mol. The van der Waals surface area contributed by atoms with Crippen molar-refractivity contribution in [2.75, 3.05) is 51.4 Å². The van der Waals surface area contributed by atoms with E-state index in [-0.39, 0.29) is 24.8 Å². The van der Waals surface area contributed by atoms with Crippen LogP contribution in [0.3, 0.4) is 0 Å². The number of likely N-dealkylation sites (tertiary alicyclic amines) is 1. The van der Waals surface area contributed by atoms with Gasteiger partial charge in [0.1, 0.15) is 6.04 Å². The van der Waals surface area contributed by atoms with Crippen LogP contribution >= 0.6 is 15.9 Å². The summed E-state index contributed by atoms with van der Waals surface area (Å²) in [4.78, 5) is 44.5. The van der Waals surface area contributed by atoms with Gasteiger partial charge in [0.25, 0.3) is 0 Å². The molecule has 186 valence electrons. The number of rotatable bonds is 4. The third-order valence-electron chi connectivity index (χ3n) is 6.75. The zero-order valence-corrected chi connectivity index (χ0v) is 22.0. The number of hydrogen-bond donors (Lipinski definition) is 2. The maximum absolute atomic E-state index is 13.4. The summed E-state index contributed by atoms with van der Waals surface area (Å²) in [5, 5.41) is 5.86. The molecule has 2 aliphatic heterocycles. The standard InChI is InChI=1S/C26H32BrN5O3/c1-30(2)25(34)19-15-23(32(16-19)26(35)29-21-8-5-20(27)6-9-21)24(33)28-22-7-4-17-10-12-31(3)13-11-18(17)14-22/h4-9,14,19,23H,10-13,15-16H2,1-3H3,(H,28,33)(H,29,35)/t19-,23-/m1/s1. The molecule has 4 rings (SSSR count). The summed E-state index contributed by atoms with van der Waals surface area (Å²) in [6.07, 6.45) is 2.20. The van der Waals surface area contributed by atoms with Crippen molar-refractivity contribution in [3.05, 3.63) is 58.1 Å². The Bertz CT molecular complexity index is 1100. The van der Waals surface area contributed by atoms with E-state index in [0.29, 0.717) is 11.4 Å². The maximum Gasteiger partial charge on any atom is 0.322 e. The predicted octanol–water partition coefficient (Wildman–Crippen LogP) is 3.43. The first-order valence-electron chi connectivity index (χ1n) is 11.9. The van der Waals surface area contributed by atoms with E-state index in [9.17, 15) is 14.4 Å². The number of carbonyl (C=O) groups excluding carboxylic acids is 3. The Labute approximate surface area is 214 Å². The van der Waals surface area contributed by atoms with Crippen LogP contribution in [0.25, 0.3) is 0 Å². The van der Waals surface area contributed by atoms with Gasteiger partial charge in [-0.3, -0.25) is 9.59 Å². The number of fused-ring (bicyclic) bond motifs is 1. The molecular formula is C26H32BrN5O3. The molecule has 0 aliphatic carbocycles. The number of likely N-dealkylation sites (N-methyl/N-ethyl adjacent to an activating group) is 1. The van der Waals surface area contributed by atoms with Crippen molar-refractivity contribution in [1.82, 2.24) is 14.7 Å². The molecule has 1 saturated heterocycles. The Morgan fingerprint density at radius 3 is 2.29 bits per heavy atom. The molecule has 2 aromatic rings. The zero-order valence-electron chi connectivity index (χ0n) is 20.4. The van der Waals surface area contributed by atoms with Gasteiger partial charge < -0.3 is 25.3 Å². The topological polar surface area (TPSA) is 85.0 Å². The van der Waals surface area contributed by atoms with Gasteiger partial charge in [0, 0.05) is 49.6 Å². The van der Waals surface area contributed by atoms with Gasteiger partial charge in [0.05, 0.1) is 5.92 Å². The van der Waals surface area contributed by atoms with Crippen molar-refractivity contribution in [3.63, 3.8) is 0 Å². The molecule has 0 aromatic heterocycles. The number of amides is 4. The largest absolute Gasteiger partial charge is 0.349 e. The van der Waals surface area contributed by atoms with Crippen LogP contribution in [0.2, 0.25) is 0 Å². The van der Waals surface area contributed by atoms with E-state index in [1.807, 2.05) is 24.3 Å². The van der Waals surface area contributed by atoms with Crippen LogP contribution in [0.4, 0.5) is 16.2 Å². The Kier molecular flexibility index (Phi) is 7.76. The highest BCUT2D eigenvalue weighted by Gasteiger charge is 2.43. The van der Waals surface area contributed by atoms with Crippen LogP contribution in [0, 0.1) is 5.92 Å². The van der Waals surface area contributed by atoms with Gasteiger partial charge in [-0.25, -0.2) is 4.79 Å². The number of nitrogens with zero attached hydrogens (tertiary/aromatic N) is 3. The van der Waals surface area contributed by atoms with Crippen LogP contribution in [0.15, 0.2) is 46.9 Å². The highest BCUT2D eigenvalue weighted by molar-refractivity contribution is 9.10. The van der Waals surface area contributed by atoms with Crippen molar-refractivity contribution in [2.24, 2.45) is 5.92 Å². The lowest BCUT2D eigenvalue weighted by atomic mass is 10.0. The van der Waals surface area contributed by atoms with Gasteiger partial charge in [0.2, 0.25) is 11.8 Å². The molecule has 2 atom stereocenters. The normalized spacial score (nSPS) is 20.1. The summed E-state index contributed by atoms with van der Waals surface area (Å²) >= 11 is 3.38. The van der Waals surface area contributed by atoms with Crippen molar-refractivity contribution in [3.8, 4) is 0 Å². The van der Waals surface area contributed by atoms with E-state index < -0.39 is 18.0 Å². The third-order valence-corrected chi connectivity index (χ3v) is 7.28. The molecule has 2 N–H and O–H groups in total. The number of anilines is 2. The van der Waals surface area contributed by atoms with E-state index in [1.165, 1.54) is 20.9 Å². The highest BCUT2D eigenvalue weighted by Crippen LogP contribution is 2.28. The molecule has 0 radical (unpaired) electrons. The molecule has 2 aliphatic rings. The van der Waals surface area contributed by atoms with Crippen LogP contribution in [0.5, 0.6) is 0 Å². The van der Waals surface area contributed by atoms with Gasteiger partial charge in [-0.15, -0.1) is 0 Å². The van der Waals surface area contributed by atoms with Crippen LogP contribution in [-0.2, 0) is 22.4 Å². The lowest BCUT2D eigenvalue weighted by molar-refractivity contribution is -0.132. The quantitative estimate of drug-likeness (QED) is 0.620. The van der Waals surface area contributed by atoms with Gasteiger partial charge in [0.15, 0.2) is 0 Å². The molecular weight excluding hydrogens is 510 g/mol. The van der Waals surface area contributed by atoms with Gasteiger partial charge in [-0.1, -0.05) is 22.0 Å². The Hall–Kier alpha value is -2.91. The van der Waals surface area contributed by atoms with Crippen molar-refractivity contribution in [2.45, 2.75) is 25.3 Å². The molecule has 0 bridgehead atoms. The van der Waals surface area contributed by atoms with E-state index in [2.05, 4.69) is 44.6 Å². The van der Waals surface area contributed by atoms with E-state index in [1.54, 1.807) is 26.2 Å². The number of carbonyl (C=O) groups is 3. The summed E-state index contributed by atoms with van der Waals surface area (Å²) in [5.74, 6) is -0.800. The van der Waals surface area contributed by atoms with Crippen LogP contribution in [-0.4, -0.2) is 79.4 Å². The minimum absolute atomic E-state index is 0.0871. The molecule has 0 saturated carbocycles. The van der Waals surface area contributed by atoms with Gasteiger partial charge >= 0.3 is 6.03 Å². The summed E-state index contributed by atoms with van der Waals surface area (Å²) in [6.45, 7) is 2.18. The molecule has 9 heteroatoms. The van der Waals surface area contributed by atoms with Gasteiger partial charge in [-0.2, -0.15) is 0 Å². The first-order valence-corrected chi connectivity index (χ1v) is 12.7. The number of nitrogens with one attached hydrogen (secondary N) is 2. The fraction of sp³-hybridized carbons (Fsp3) is 0.423. The monoisotopic (exact) mass is 541 g/mol. The summed E-state index contributed by atoms with van der Waals surface area (Å²) in [7, 11) is 5.50. The summed E-state index contributed by atoms with van der Waals surface area (Å²) in [6, 6.07) is 12.1. The first kappa shape index (κ1) is 25.2. The highest BCUT2D eigenvalue weighted by atomic mass is 79.9. The number of urea groups is 1. The lowest BCUT2D eigenvalue weighted by Gasteiger charge is -2.24. The molecule has 0 unspecified atom stereocenters. The van der Waals surface area contributed by atoms with Gasteiger partial charge in [-0.05, 0) is 73.8 Å². The molecule has 1 fully saturated rings. The molecule has 2 aromatic carbocycles. The summed E-state index contributed by atoms with van der Waals surface area (Å²) < 4.78 is 0.901. The molecule has 4 amide bonds. The fourth-order valence-electron chi connectivity index (χ4n) is 4.72. The molecule has 0 spiro atoms. The predicted molar refractivity (Wildman–Crippen MR) is 140 cm³/mol. The minimum Gasteiger partial charge on any atom is -0.349 e. The Morgan fingerprint density at radius 2 is 1.60 bits per heavy atom. The Balaban J connectivity index is 1.51. The second-order valence-electron chi connectivity index (χ2n) is 9.55. The molecule has 2 heterocycles. The number of benzene rings is 2. The van der Waals surface area contributed by atoms with Crippen molar-refractivity contribution < 1.29 is 14.4 Å². The fourth-order valence-corrected chi connectivity index (χ4v) is 4.99. The second-order valence-corrected chi connectivity index (χ2v) is 10.5. The second kappa shape index (κ2) is 10.8. The Morgan fingerprint density at radius 1 is 0.943 bits per heavy atom. The van der Waals surface area contributed by atoms with Crippen LogP contribution < -0.4 is 10.6 Å². The van der Waals surface area contributed by atoms with Crippen molar-refractivity contribution in [1.29, 1.82) is 0 Å². The van der Waals surface area contributed by atoms with Crippen LogP contribution in [0.1, 0.15) is 17.5 Å². The van der Waals surface area contributed by atoms with E-state index >= 15 is 0 Å². The van der Waals surface area contributed by atoms with E-state index in [4.69, 9.17) is 0 Å². The maximum atomic E-state index is 13.4. The molecule has 8 nitrogen and oxygen atoms in total. The number of halogens is 1.